The fourth-order valence-corrected chi connectivity index (χ4v) is 5.17. The van der Waals surface area contributed by atoms with Gasteiger partial charge in [0.15, 0.2) is 5.65 Å². The maximum Gasteiger partial charge on any atom is 0.277 e. The van der Waals surface area contributed by atoms with Crippen molar-refractivity contribution in [2.45, 2.75) is 71.5 Å². The second-order valence-corrected chi connectivity index (χ2v) is 9.42. The van der Waals surface area contributed by atoms with Crippen molar-refractivity contribution in [1.82, 2.24) is 24.4 Å². The van der Waals surface area contributed by atoms with E-state index in [4.69, 9.17) is 4.98 Å². The number of amides is 1. The Morgan fingerprint density at radius 3 is 2.79 bits per heavy atom. The summed E-state index contributed by atoms with van der Waals surface area (Å²) in [5, 5.41) is 3.35. The zero-order valence-corrected chi connectivity index (χ0v) is 17.6. The molecule has 0 bridgehead atoms. The molecule has 2 aliphatic heterocycles. The van der Waals surface area contributed by atoms with Gasteiger partial charge >= 0.3 is 0 Å². The Morgan fingerprint density at radius 2 is 2.07 bits per heavy atom. The first-order valence-electron chi connectivity index (χ1n) is 11.1. The molecule has 0 spiro atoms. The topological polar surface area (TPSA) is 73.7 Å². The number of hydrogen-bond donors (Lipinski definition) is 1. The molecular weight excluding hydrogens is 366 g/mol. The van der Waals surface area contributed by atoms with Crippen LogP contribution in [-0.2, 0) is 17.8 Å². The summed E-state index contributed by atoms with van der Waals surface area (Å²) < 4.78 is 1.59. The van der Waals surface area contributed by atoms with Crippen LogP contribution < -0.4 is 5.56 Å². The number of carbonyl (C=O) groups is 1. The van der Waals surface area contributed by atoms with E-state index < -0.39 is 0 Å². The molecule has 0 aromatic carbocycles. The fourth-order valence-electron chi connectivity index (χ4n) is 5.17. The van der Waals surface area contributed by atoms with Crippen LogP contribution in [0.4, 0.5) is 0 Å². The van der Waals surface area contributed by atoms with E-state index in [0.29, 0.717) is 48.7 Å². The summed E-state index contributed by atoms with van der Waals surface area (Å²) in [5.74, 6) is 0.840. The summed E-state index contributed by atoms with van der Waals surface area (Å²) >= 11 is 0. The Balaban J connectivity index is 1.48. The molecule has 2 aromatic heterocycles. The quantitative estimate of drug-likeness (QED) is 0.864. The highest BCUT2D eigenvalue weighted by molar-refractivity contribution is 5.81. The van der Waals surface area contributed by atoms with Gasteiger partial charge in [-0.3, -0.25) is 19.6 Å². The third-order valence-corrected chi connectivity index (χ3v) is 7.09. The second-order valence-electron chi connectivity index (χ2n) is 9.42. The number of rotatable bonds is 3. The SMILES string of the molecule is CC(C)N1CCCC[C@@H]1c1cc2nc3c(c(=O)n2[nH]1)CN(C(=O)[C@@H]1C[C@H]1C)CC3. The molecule has 1 saturated carbocycles. The molecule has 3 atom stereocenters. The van der Waals surface area contributed by atoms with E-state index in [1.807, 2.05) is 4.90 Å². The third-order valence-electron chi connectivity index (χ3n) is 7.09. The van der Waals surface area contributed by atoms with E-state index >= 15 is 0 Å². The molecule has 1 saturated heterocycles. The van der Waals surface area contributed by atoms with Crippen LogP contribution in [0.15, 0.2) is 10.9 Å². The Kier molecular flexibility index (Phi) is 4.53. The zero-order chi connectivity index (χ0) is 20.3. The van der Waals surface area contributed by atoms with Crippen LogP contribution in [0.25, 0.3) is 5.65 Å². The van der Waals surface area contributed by atoms with Crippen LogP contribution in [0.1, 0.15) is 69.4 Å². The van der Waals surface area contributed by atoms with E-state index in [1.165, 1.54) is 12.8 Å². The molecule has 29 heavy (non-hydrogen) atoms. The van der Waals surface area contributed by atoms with Gasteiger partial charge < -0.3 is 4.90 Å². The highest BCUT2D eigenvalue weighted by Gasteiger charge is 2.42. The summed E-state index contributed by atoms with van der Waals surface area (Å²) in [6.07, 6.45) is 5.17. The van der Waals surface area contributed by atoms with Gasteiger partial charge in [0.1, 0.15) is 0 Å². The van der Waals surface area contributed by atoms with E-state index in [1.54, 1.807) is 4.52 Å². The first-order chi connectivity index (χ1) is 13.9. The number of aromatic nitrogens is 3. The Bertz CT molecular complexity index is 1010. The minimum absolute atomic E-state index is 0.0514. The molecular formula is C22H31N5O2. The van der Waals surface area contributed by atoms with Gasteiger partial charge in [0.25, 0.3) is 5.56 Å². The van der Waals surface area contributed by atoms with Gasteiger partial charge in [-0.25, -0.2) is 9.50 Å². The molecule has 1 amide bonds. The first-order valence-corrected chi connectivity index (χ1v) is 11.1. The van der Waals surface area contributed by atoms with Crippen molar-refractivity contribution >= 4 is 11.6 Å². The average Bonchev–Trinajstić information content (AvgIpc) is 3.29. The van der Waals surface area contributed by atoms with Crippen molar-refractivity contribution in [3.8, 4) is 0 Å². The van der Waals surface area contributed by atoms with Crippen molar-refractivity contribution < 1.29 is 4.79 Å². The number of piperidine rings is 1. The van der Waals surface area contributed by atoms with E-state index in [9.17, 15) is 9.59 Å². The lowest BCUT2D eigenvalue weighted by Gasteiger charge is -2.37. The lowest BCUT2D eigenvalue weighted by molar-refractivity contribution is -0.133. The zero-order valence-electron chi connectivity index (χ0n) is 17.6. The minimum Gasteiger partial charge on any atom is -0.337 e. The molecule has 1 N–H and O–H groups in total. The smallest absolute Gasteiger partial charge is 0.277 e. The number of hydrogen-bond acceptors (Lipinski definition) is 4. The van der Waals surface area contributed by atoms with Gasteiger partial charge in [-0.2, -0.15) is 0 Å². The van der Waals surface area contributed by atoms with Crippen LogP contribution in [0, 0.1) is 11.8 Å². The van der Waals surface area contributed by atoms with Crippen LogP contribution >= 0.6 is 0 Å². The number of nitrogens with one attached hydrogen (secondary N) is 1. The Labute approximate surface area is 171 Å². The molecule has 3 aliphatic rings. The third kappa shape index (κ3) is 3.19. The standard InChI is InChI=1S/C22H31N5O2/c1-13(2)26-8-5-4-6-19(26)18-11-20-23-17-7-9-25(21(28)15-10-14(15)3)12-16(17)22(29)27(20)24-18/h11,13-15,19,24H,4-10,12H2,1-3H3/t14-,15-,19-/m1/s1. The van der Waals surface area contributed by atoms with Crippen molar-refractivity contribution in [1.29, 1.82) is 0 Å². The first kappa shape index (κ1) is 18.9. The molecule has 2 aromatic rings. The molecule has 7 heteroatoms. The van der Waals surface area contributed by atoms with Crippen LogP contribution in [0.2, 0.25) is 0 Å². The second kappa shape index (κ2) is 6.97. The lowest BCUT2D eigenvalue weighted by atomic mass is 9.98. The summed E-state index contributed by atoms with van der Waals surface area (Å²) in [4.78, 5) is 35.1. The van der Waals surface area contributed by atoms with Crippen molar-refractivity contribution in [3.63, 3.8) is 0 Å². The summed E-state index contributed by atoms with van der Waals surface area (Å²) in [5.41, 5.74) is 3.26. The predicted molar refractivity (Wildman–Crippen MR) is 111 cm³/mol. The van der Waals surface area contributed by atoms with Gasteiger partial charge in [0.05, 0.1) is 29.5 Å². The van der Waals surface area contributed by atoms with Gasteiger partial charge in [0.2, 0.25) is 5.91 Å². The van der Waals surface area contributed by atoms with Gasteiger partial charge in [-0.05, 0) is 45.6 Å². The summed E-state index contributed by atoms with van der Waals surface area (Å²) in [6.45, 7) is 8.73. The van der Waals surface area contributed by atoms with Crippen LogP contribution in [0.3, 0.4) is 0 Å². The van der Waals surface area contributed by atoms with Gasteiger partial charge in [-0.15, -0.1) is 0 Å². The van der Waals surface area contributed by atoms with Crippen molar-refractivity contribution in [2.75, 3.05) is 13.1 Å². The maximum absolute atomic E-state index is 13.2. The largest absolute Gasteiger partial charge is 0.337 e. The summed E-state index contributed by atoms with van der Waals surface area (Å²) in [7, 11) is 0. The molecule has 7 nitrogen and oxygen atoms in total. The molecule has 5 rings (SSSR count). The van der Waals surface area contributed by atoms with Gasteiger partial charge in [0, 0.05) is 31.0 Å². The highest BCUT2D eigenvalue weighted by Crippen LogP contribution is 2.40. The number of aromatic amines is 1. The molecule has 4 heterocycles. The van der Waals surface area contributed by atoms with Crippen LogP contribution in [-0.4, -0.2) is 49.4 Å². The molecule has 2 fully saturated rings. The van der Waals surface area contributed by atoms with E-state index in [-0.39, 0.29) is 17.4 Å². The fraction of sp³-hybridized carbons (Fsp3) is 0.682. The van der Waals surface area contributed by atoms with Crippen molar-refractivity contribution in [3.05, 3.63) is 33.4 Å². The number of likely N-dealkylation sites (tertiary alicyclic amines) is 1. The molecule has 156 valence electrons. The monoisotopic (exact) mass is 397 g/mol. The maximum atomic E-state index is 13.2. The van der Waals surface area contributed by atoms with E-state index in [0.717, 1.165) is 30.8 Å². The lowest BCUT2D eigenvalue weighted by Crippen LogP contribution is -2.41. The number of H-pyrrole nitrogens is 1. The van der Waals surface area contributed by atoms with Crippen LogP contribution in [0.5, 0.6) is 0 Å². The highest BCUT2D eigenvalue weighted by atomic mass is 16.2. The van der Waals surface area contributed by atoms with E-state index in [2.05, 4.69) is 36.8 Å². The number of carbonyl (C=O) groups excluding carboxylic acids is 1. The molecule has 0 radical (unpaired) electrons. The predicted octanol–water partition coefficient (Wildman–Crippen LogP) is 2.50. The van der Waals surface area contributed by atoms with Crippen molar-refractivity contribution in [2.24, 2.45) is 11.8 Å². The Hall–Kier alpha value is -2.15. The Morgan fingerprint density at radius 1 is 1.28 bits per heavy atom. The average molecular weight is 398 g/mol. The normalized spacial score (nSPS) is 27.4. The number of nitrogens with zero attached hydrogens (tertiary/aromatic N) is 4. The minimum atomic E-state index is -0.0514. The number of fused-ring (bicyclic) bond motifs is 2. The molecule has 0 unspecified atom stereocenters. The summed E-state index contributed by atoms with van der Waals surface area (Å²) in [6, 6.07) is 2.82. The van der Waals surface area contributed by atoms with Gasteiger partial charge in [-0.1, -0.05) is 13.3 Å². The molecule has 1 aliphatic carbocycles.